The summed E-state index contributed by atoms with van der Waals surface area (Å²) in [4.78, 5) is 13.7. The highest BCUT2D eigenvalue weighted by Gasteiger charge is 2.12. The first-order chi connectivity index (χ1) is 10.7. The fourth-order valence-corrected chi connectivity index (χ4v) is 1.97. The van der Waals surface area contributed by atoms with Crippen LogP contribution in [0, 0.1) is 5.41 Å². The molecule has 0 aromatic heterocycles. The average molecular weight is 298 g/mol. The monoisotopic (exact) mass is 298 g/mol. The molecule has 0 aliphatic carbocycles. The Labute approximate surface area is 131 Å². The van der Waals surface area contributed by atoms with Gasteiger partial charge in [-0.3, -0.25) is 10.2 Å². The van der Waals surface area contributed by atoms with E-state index in [1.807, 2.05) is 60.7 Å². The number of hydrogen-bond acceptors (Lipinski definition) is 3. The van der Waals surface area contributed by atoms with Crippen LogP contribution in [0.2, 0.25) is 0 Å². The van der Waals surface area contributed by atoms with Crippen molar-refractivity contribution in [2.75, 3.05) is 6.54 Å². The summed E-state index contributed by atoms with van der Waals surface area (Å²) in [6.07, 6.45) is 0.750. The van der Waals surface area contributed by atoms with Crippen LogP contribution in [0.4, 0.5) is 0 Å². The van der Waals surface area contributed by atoms with E-state index in [-0.39, 0.29) is 12.5 Å². The van der Waals surface area contributed by atoms with E-state index in [0.29, 0.717) is 13.1 Å². The molecule has 1 amide bonds. The minimum Gasteiger partial charge on any atom is -0.390 e. The number of hydrogen-bond donors (Lipinski definition) is 3. The largest absolute Gasteiger partial charge is 0.390 e. The van der Waals surface area contributed by atoms with Gasteiger partial charge in [0.25, 0.3) is 0 Å². The van der Waals surface area contributed by atoms with Crippen LogP contribution in [0.3, 0.4) is 0 Å². The van der Waals surface area contributed by atoms with E-state index in [1.54, 1.807) is 4.90 Å². The molecule has 5 N–H and O–H groups in total. The van der Waals surface area contributed by atoms with E-state index in [9.17, 15) is 4.79 Å². The summed E-state index contributed by atoms with van der Waals surface area (Å²) in [5, 5.41) is 5.86. The Hall–Kier alpha value is -2.66. The SMILES string of the molecule is N=CN.NCC(=O)N(Cc1ccccc1)Cc1ccccc1. The Morgan fingerprint density at radius 2 is 1.32 bits per heavy atom. The number of nitrogens with two attached hydrogens (primary N) is 2. The second-order valence-corrected chi connectivity index (χ2v) is 4.59. The van der Waals surface area contributed by atoms with Crippen molar-refractivity contribution in [1.82, 2.24) is 4.90 Å². The number of carbonyl (C=O) groups excluding carboxylic acids is 1. The van der Waals surface area contributed by atoms with Gasteiger partial charge in [-0.2, -0.15) is 0 Å². The van der Waals surface area contributed by atoms with Crippen LogP contribution >= 0.6 is 0 Å². The summed E-state index contributed by atoms with van der Waals surface area (Å²) >= 11 is 0. The Morgan fingerprint density at radius 1 is 0.955 bits per heavy atom. The highest BCUT2D eigenvalue weighted by atomic mass is 16.2. The second-order valence-electron chi connectivity index (χ2n) is 4.59. The fourth-order valence-electron chi connectivity index (χ4n) is 1.97. The summed E-state index contributed by atoms with van der Waals surface area (Å²) in [6, 6.07) is 19.9. The maximum atomic E-state index is 11.9. The van der Waals surface area contributed by atoms with Gasteiger partial charge in [-0.05, 0) is 11.1 Å². The van der Waals surface area contributed by atoms with Crippen LogP contribution in [-0.4, -0.2) is 23.7 Å². The molecule has 2 aromatic carbocycles. The molecule has 0 fully saturated rings. The third kappa shape index (κ3) is 6.19. The highest BCUT2D eigenvalue weighted by molar-refractivity contribution is 5.78. The fraction of sp³-hybridized carbons (Fsp3) is 0.176. The molecule has 0 unspecified atom stereocenters. The third-order valence-corrected chi connectivity index (χ3v) is 2.96. The lowest BCUT2D eigenvalue weighted by Crippen LogP contribution is -2.35. The van der Waals surface area contributed by atoms with Crippen LogP contribution < -0.4 is 11.5 Å². The standard InChI is InChI=1S/C16H18N2O.CH4N2/c17-11-16(19)18(12-14-7-3-1-4-8-14)13-15-9-5-2-6-10-15;2-1-3/h1-10H,11-13,17H2;1H,(H3,2,3). The van der Waals surface area contributed by atoms with Gasteiger partial charge < -0.3 is 16.4 Å². The molecule has 2 rings (SSSR count). The molecule has 0 aliphatic heterocycles. The van der Waals surface area contributed by atoms with Crippen molar-refractivity contribution in [3.8, 4) is 0 Å². The quantitative estimate of drug-likeness (QED) is 0.579. The maximum absolute atomic E-state index is 11.9. The first kappa shape index (κ1) is 17.4. The summed E-state index contributed by atoms with van der Waals surface area (Å²) in [7, 11) is 0. The van der Waals surface area contributed by atoms with Crippen LogP contribution in [0.5, 0.6) is 0 Å². The second kappa shape index (κ2) is 10.1. The summed E-state index contributed by atoms with van der Waals surface area (Å²) < 4.78 is 0. The van der Waals surface area contributed by atoms with Gasteiger partial charge in [0.15, 0.2) is 0 Å². The predicted molar refractivity (Wildman–Crippen MR) is 89.2 cm³/mol. The number of benzene rings is 2. The van der Waals surface area contributed by atoms with Crippen molar-refractivity contribution in [2.24, 2.45) is 11.5 Å². The van der Waals surface area contributed by atoms with Crippen molar-refractivity contribution >= 4 is 12.2 Å². The zero-order valence-electron chi connectivity index (χ0n) is 12.5. The number of carbonyl (C=O) groups is 1. The molecule has 0 saturated carbocycles. The molecule has 0 aliphatic rings. The average Bonchev–Trinajstić information content (AvgIpc) is 2.56. The van der Waals surface area contributed by atoms with E-state index in [0.717, 1.165) is 17.5 Å². The van der Waals surface area contributed by atoms with Crippen molar-refractivity contribution in [1.29, 1.82) is 5.41 Å². The molecular weight excluding hydrogens is 276 g/mol. The van der Waals surface area contributed by atoms with E-state index < -0.39 is 0 Å². The molecule has 0 atom stereocenters. The smallest absolute Gasteiger partial charge is 0.236 e. The first-order valence-electron chi connectivity index (χ1n) is 6.97. The molecule has 22 heavy (non-hydrogen) atoms. The molecule has 5 nitrogen and oxygen atoms in total. The van der Waals surface area contributed by atoms with Crippen molar-refractivity contribution < 1.29 is 4.79 Å². The normalized spacial score (nSPS) is 9.32. The van der Waals surface area contributed by atoms with Crippen molar-refractivity contribution in [3.63, 3.8) is 0 Å². The summed E-state index contributed by atoms with van der Waals surface area (Å²) in [5.41, 5.74) is 12.1. The number of rotatable bonds is 5. The third-order valence-electron chi connectivity index (χ3n) is 2.96. The Bertz CT molecular complexity index is 516. The van der Waals surface area contributed by atoms with E-state index in [2.05, 4.69) is 5.73 Å². The van der Waals surface area contributed by atoms with E-state index >= 15 is 0 Å². The van der Waals surface area contributed by atoms with Gasteiger partial charge in [0.1, 0.15) is 0 Å². The van der Waals surface area contributed by atoms with Gasteiger partial charge >= 0.3 is 0 Å². The maximum Gasteiger partial charge on any atom is 0.236 e. The number of nitrogens with one attached hydrogen (secondary N) is 1. The van der Waals surface area contributed by atoms with Gasteiger partial charge in [-0.25, -0.2) is 0 Å². The molecule has 0 heterocycles. The molecule has 0 bridgehead atoms. The molecule has 0 radical (unpaired) electrons. The topological polar surface area (TPSA) is 96.2 Å². The zero-order valence-corrected chi connectivity index (χ0v) is 12.5. The van der Waals surface area contributed by atoms with E-state index in [4.69, 9.17) is 11.1 Å². The molecular formula is C17H22N4O. The molecule has 2 aromatic rings. The van der Waals surface area contributed by atoms with Gasteiger partial charge in [0.2, 0.25) is 5.91 Å². The Kier molecular flexibility index (Phi) is 8.00. The van der Waals surface area contributed by atoms with Crippen molar-refractivity contribution in [2.45, 2.75) is 13.1 Å². The van der Waals surface area contributed by atoms with E-state index in [1.165, 1.54) is 0 Å². The summed E-state index contributed by atoms with van der Waals surface area (Å²) in [6.45, 7) is 1.22. The first-order valence-corrected chi connectivity index (χ1v) is 6.97. The minimum atomic E-state index is -0.0345. The lowest BCUT2D eigenvalue weighted by Gasteiger charge is -2.22. The Balaban J connectivity index is 0.000000745. The molecule has 0 saturated heterocycles. The highest BCUT2D eigenvalue weighted by Crippen LogP contribution is 2.10. The van der Waals surface area contributed by atoms with Gasteiger partial charge in [0, 0.05) is 13.1 Å². The number of nitrogens with zero attached hydrogens (tertiary/aromatic N) is 1. The van der Waals surface area contributed by atoms with Gasteiger partial charge in [-0.1, -0.05) is 60.7 Å². The molecule has 0 spiro atoms. The van der Waals surface area contributed by atoms with Gasteiger partial charge in [0.05, 0.1) is 12.9 Å². The lowest BCUT2D eigenvalue weighted by molar-refractivity contribution is -0.130. The van der Waals surface area contributed by atoms with Crippen LogP contribution in [0.25, 0.3) is 0 Å². The van der Waals surface area contributed by atoms with Crippen LogP contribution in [0.15, 0.2) is 60.7 Å². The van der Waals surface area contributed by atoms with Gasteiger partial charge in [-0.15, -0.1) is 0 Å². The molecule has 5 heteroatoms. The van der Waals surface area contributed by atoms with Crippen molar-refractivity contribution in [3.05, 3.63) is 71.8 Å². The van der Waals surface area contributed by atoms with Crippen LogP contribution in [-0.2, 0) is 17.9 Å². The zero-order chi connectivity index (χ0) is 16.2. The summed E-state index contributed by atoms with van der Waals surface area (Å²) in [5.74, 6) is -0.0345. The van der Waals surface area contributed by atoms with Crippen LogP contribution in [0.1, 0.15) is 11.1 Å². The Morgan fingerprint density at radius 3 is 1.64 bits per heavy atom. The predicted octanol–water partition coefficient (Wildman–Crippen LogP) is 1.73. The number of amides is 1. The minimum absolute atomic E-state index is 0.0345. The lowest BCUT2D eigenvalue weighted by atomic mass is 10.1. The molecule has 116 valence electrons.